The number of rotatable bonds is 6. The molecule has 0 N–H and O–H groups in total. The molecule has 1 saturated heterocycles. The van der Waals surface area contributed by atoms with Gasteiger partial charge >= 0.3 is 5.97 Å². The second-order valence-electron chi connectivity index (χ2n) is 6.62. The zero-order valence-electron chi connectivity index (χ0n) is 15.7. The lowest BCUT2D eigenvalue weighted by atomic mass is 10.0. The number of methoxy groups -OCH3 is 1. The molecule has 2 rings (SSSR count). The maximum Gasteiger partial charge on any atom is 0.306 e. The molecule has 0 atom stereocenters. The highest BCUT2D eigenvalue weighted by Crippen LogP contribution is 2.12. The quantitative estimate of drug-likeness (QED) is 0.727. The van der Waals surface area contributed by atoms with Crippen molar-refractivity contribution in [3.05, 3.63) is 35.4 Å². The number of carbonyl (C=O) groups excluding carboxylic acids is 3. The van der Waals surface area contributed by atoms with Crippen molar-refractivity contribution in [2.75, 3.05) is 33.3 Å². The van der Waals surface area contributed by atoms with Crippen molar-refractivity contribution >= 4 is 17.8 Å². The van der Waals surface area contributed by atoms with Gasteiger partial charge in [-0.2, -0.15) is 0 Å². The summed E-state index contributed by atoms with van der Waals surface area (Å²) in [6.45, 7) is 4.44. The maximum absolute atomic E-state index is 12.5. The molecule has 6 nitrogen and oxygen atoms in total. The first-order valence-corrected chi connectivity index (χ1v) is 9.18. The first kappa shape index (κ1) is 19.9. The Kier molecular flexibility index (Phi) is 7.63. The van der Waals surface area contributed by atoms with E-state index in [1.807, 2.05) is 17.0 Å². The predicted molar refractivity (Wildman–Crippen MR) is 98.5 cm³/mol. The van der Waals surface area contributed by atoms with Crippen LogP contribution in [0.3, 0.4) is 0 Å². The van der Waals surface area contributed by atoms with Gasteiger partial charge < -0.3 is 14.5 Å². The van der Waals surface area contributed by atoms with Gasteiger partial charge in [0.2, 0.25) is 11.8 Å². The number of benzene rings is 1. The summed E-state index contributed by atoms with van der Waals surface area (Å²) in [6.07, 6.45) is 2.25. The molecule has 26 heavy (non-hydrogen) atoms. The lowest BCUT2D eigenvalue weighted by Crippen LogP contribution is -2.37. The monoisotopic (exact) mass is 360 g/mol. The smallest absolute Gasteiger partial charge is 0.306 e. The van der Waals surface area contributed by atoms with E-state index in [2.05, 4.69) is 23.8 Å². The van der Waals surface area contributed by atoms with E-state index in [4.69, 9.17) is 0 Å². The molecule has 1 heterocycles. The third kappa shape index (κ3) is 5.86. The molecular weight excluding hydrogens is 332 g/mol. The number of ether oxygens (including phenoxy) is 1. The van der Waals surface area contributed by atoms with Gasteiger partial charge in [-0.05, 0) is 30.9 Å². The molecule has 0 saturated carbocycles. The van der Waals surface area contributed by atoms with Gasteiger partial charge in [0.15, 0.2) is 0 Å². The predicted octanol–water partition coefficient (Wildman–Crippen LogP) is 1.94. The fourth-order valence-electron chi connectivity index (χ4n) is 3.18. The largest absolute Gasteiger partial charge is 0.469 e. The van der Waals surface area contributed by atoms with Crippen LogP contribution in [0.4, 0.5) is 0 Å². The van der Waals surface area contributed by atoms with Gasteiger partial charge in [-0.1, -0.05) is 24.3 Å². The zero-order valence-corrected chi connectivity index (χ0v) is 15.7. The van der Waals surface area contributed by atoms with Crippen molar-refractivity contribution in [3.8, 4) is 0 Å². The van der Waals surface area contributed by atoms with E-state index in [0.29, 0.717) is 32.6 Å². The molecule has 1 aliphatic heterocycles. The second kappa shape index (κ2) is 9.94. The summed E-state index contributed by atoms with van der Waals surface area (Å²) in [7, 11) is 1.32. The van der Waals surface area contributed by atoms with Gasteiger partial charge in [0, 0.05) is 39.0 Å². The average Bonchev–Trinajstić information content (AvgIpc) is 2.91. The number of aryl methyl sites for hydroxylation is 2. The Bertz CT molecular complexity index is 644. The Hall–Kier alpha value is -2.37. The van der Waals surface area contributed by atoms with Gasteiger partial charge in [-0.25, -0.2) is 0 Å². The van der Waals surface area contributed by atoms with Crippen LogP contribution in [0.1, 0.15) is 36.8 Å². The maximum atomic E-state index is 12.5. The number of hydrogen-bond donors (Lipinski definition) is 0. The number of hydrogen-bond acceptors (Lipinski definition) is 4. The molecule has 0 radical (unpaired) electrons. The highest BCUT2D eigenvalue weighted by molar-refractivity contribution is 5.81. The average molecular weight is 360 g/mol. The molecule has 0 bridgehead atoms. The first-order valence-electron chi connectivity index (χ1n) is 9.18. The van der Waals surface area contributed by atoms with Crippen LogP contribution in [0.25, 0.3) is 0 Å². The number of carbonyl (C=O) groups is 3. The van der Waals surface area contributed by atoms with Gasteiger partial charge in [-0.15, -0.1) is 0 Å². The van der Waals surface area contributed by atoms with Crippen molar-refractivity contribution in [1.29, 1.82) is 0 Å². The van der Waals surface area contributed by atoms with Crippen LogP contribution >= 0.6 is 0 Å². The normalized spacial score (nSPS) is 14.7. The van der Waals surface area contributed by atoms with Crippen molar-refractivity contribution in [3.63, 3.8) is 0 Å². The Balaban J connectivity index is 1.80. The highest BCUT2D eigenvalue weighted by atomic mass is 16.5. The van der Waals surface area contributed by atoms with Crippen molar-refractivity contribution in [2.24, 2.45) is 0 Å². The minimum Gasteiger partial charge on any atom is -0.469 e. The fourth-order valence-corrected chi connectivity index (χ4v) is 3.18. The summed E-state index contributed by atoms with van der Waals surface area (Å²) in [4.78, 5) is 39.5. The molecule has 1 aromatic rings. The van der Waals surface area contributed by atoms with E-state index < -0.39 is 0 Å². The van der Waals surface area contributed by atoms with Crippen molar-refractivity contribution in [1.82, 2.24) is 9.80 Å². The summed E-state index contributed by atoms with van der Waals surface area (Å²) in [5, 5.41) is 0. The van der Waals surface area contributed by atoms with Gasteiger partial charge in [-0.3, -0.25) is 14.4 Å². The summed E-state index contributed by atoms with van der Waals surface area (Å²) < 4.78 is 4.57. The van der Waals surface area contributed by atoms with Crippen molar-refractivity contribution in [2.45, 2.75) is 39.0 Å². The molecule has 0 aromatic heterocycles. The Morgan fingerprint density at radius 3 is 2.15 bits per heavy atom. The molecule has 0 spiro atoms. The Morgan fingerprint density at radius 1 is 0.923 bits per heavy atom. The van der Waals surface area contributed by atoms with E-state index in [9.17, 15) is 14.4 Å². The molecule has 1 aromatic carbocycles. The van der Waals surface area contributed by atoms with Crippen LogP contribution in [0.2, 0.25) is 0 Å². The number of amides is 2. The van der Waals surface area contributed by atoms with Gasteiger partial charge in [0.1, 0.15) is 0 Å². The molecule has 1 fully saturated rings. The Morgan fingerprint density at radius 2 is 1.54 bits per heavy atom. The van der Waals surface area contributed by atoms with Crippen LogP contribution in [0.5, 0.6) is 0 Å². The topological polar surface area (TPSA) is 66.9 Å². The second-order valence-corrected chi connectivity index (χ2v) is 6.62. The minimum absolute atomic E-state index is 0.0513. The minimum atomic E-state index is -0.374. The first-order chi connectivity index (χ1) is 12.5. The summed E-state index contributed by atoms with van der Waals surface area (Å²) in [6, 6.07) is 8.12. The van der Waals surface area contributed by atoms with E-state index >= 15 is 0 Å². The highest BCUT2D eigenvalue weighted by Gasteiger charge is 2.22. The molecule has 0 unspecified atom stereocenters. The molecular formula is C20H28N2O4. The lowest BCUT2D eigenvalue weighted by molar-refractivity contribution is -0.143. The van der Waals surface area contributed by atoms with E-state index in [1.54, 1.807) is 4.90 Å². The molecule has 0 aliphatic carbocycles. The van der Waals surface area contributed by atoms with Gasteiger partial charge in [0.25, 0.3) is 0 Å². The summed E-state index contributed by atoms with van der Waals surface area (Å²) in [5.41, 5.74) is 2.41. The zero-order chi connectivity index (χ0) is 18.9. The lowest BCUT2D eigenvalue weighted by Gasteiger charge is -2.22. The van der Waals surface area contributed by atoms with Crippen LogP contribution < -0.4 is 0 Å². The Labute approximate surface area is 155 Å². The van der Waals surface area contributed by atoms with Crippen LogP contribution in [-0.2, 0) is 25.5 Å². The molecule has 6 heteroatoms. The van der Waals surface area contributed by atoms with Crippen LogP contribution in [-0.4, -0.2) is 60.9 Å². The van der Waals surface area contributed by atoms with Crippen LogP contribution in [0, 0.1) is 6.92 Å². The number of nitrogens with zero attached hydrogens (tertiary/aromatic N) is 2. The number of esters is 1. The van der Waals surface area contributed by atoms with Gasteiger partial charge in [0.05, 0.1) is 13.5 Å². The molecule has 2 amide bonds. The fraction of sp³-hybridized carbons (Fsp3) is 0.550. The van der Waals surface area contributed by atoms with Crippen molar-refractivity contribution < 1.29 is 19.1 Å². The standard InChI is InChI=1S/C20H28N2O4/c1-16-6-3-4-7-17(16)8-9-18(23)21-12-5-13-22(15-14-21)19(24)10-11-20(25)26-2/h3-4,6-7H,5,8-15H2,1-2H3. The summed E-state index contributed by atoms with van der Waals surface area (Å²) >= 11 is 0. The van der Waals surface area contributed by atoms with Crippen LogP contribution in [0.15, 0.2) is 24.3 Å². The summed E-state index contributed by atoms with van der Waals surface area (Å²) in [5.74, 6) is -0.289. The molecule has 142 valence electrons. The third-order valence-electron chi connectivity index (χ3n) is 4.84. The van der Waals surface area contributed by atoms with E-state index in [-0.39, 0.29) is 30.6 Å². The van der Waals surface area contributed by atoms with E-state index in [1.165, 1.54) is 18.2 Å². The SMILES string of the molecule is COC(=O)CCC(=O)N1CCCN(C(=O)CCc2ccccc2C)CC1. The molecule has 1 aliphatic rings. The van der Waals surface area contributed by atoms with E-state index in [0.717, 1.165) is 12.8 Å². The third-order valence-corrected chi connectivity index (χ3v) is 4.84.